The number of hydrogen-bond donors (Lipinski definition) is 0. The summed E-state index contributed by atoms with van der Waals surface area (Å²) in [7, 11) is 0. The van der Waals surface area contributed by atoms with Crippen LogP contribution >= 0.6 is 0 Å². The molecule has 0 saturated carbocycles. The van der Waals surface area contributed by atoms with Crippen LogP contribution in [0.4, 0.5) is 4.79 Å². The Labute approximate surface area is 149 Å². The number of ether oxygens (including phenoxy) is 1. The molecule has 1 aromatic rings. The number of nitrogens with zero attached hydrogens (tertiary/aromatic N) is 3. The summed E-state index contributed by atoms with van der Waals surface area (Å²) in [5, 5.41) is 0. The van der Waals surface area contributed by atoms with Gasteiger partial charge in [-0.3, -0.25) is 14.7 Å². The number of carbonyl (C=O) groups excluding carboxylic acids is 2. The van der Waals surface area contributed by atoms with Crippen molar-refractivity contribution in [3.8, 4) is 0 Å². The first-order valence-corrected chi connectivity index (χ1v) is 9.03. The minimum absolute atomic E-state index is 0.0517. The molecule has 6 heteroatoms. The maximum Gasteiger partial charge on any atom is 0.410 e. The van der Waals surface area contributed by atoms with Crippen molar-refractivity contribution in [2.75, 3.05) is 19.6 Å². The molecule has 3 heterocycles. The second-order valence-corrected chi connectivity index (χ2v) is 7.88. The van der Waals surface area contributed by atoms with E-state index < -0.39 is 5.60 Å². The number of amides is 2. The zero-order chi connectivity index (χ0) is 18.0. The molecular formula is C19H27N3O3. The van der Waals surface area contributed by atoms with Gasteiger partial charge in [-0.25, -0.2) is 4.79 Å². The van der Waals surface area contributed by atoms with Gasteiger partial charge >= 0.3 is 6.09 Å². The molecule has 2 aliphatic heterocycles. The van der Waals surface area contributed by atoms with Crippen LogP contribution in [0.25, 0.3) is 0 Å². The number of carbonyl (C=O) groups is 2. The van der Waals surface area contributed by atoms with Gasteiger partial charge in [-0.15, -0.1) is 0 Å². The van der Waals surface area contributed by atoms with Crippen LogP contribution in [0.2, 0.25) is 0 Å². The third-order valence-electron chi connectivity index (χ3n) is 4.84. The SMILES string of the molecule is CC(C)(C)OC(=O)N1CC[C@@H]1C(=O)N1CCCC(c2ccncc2)C1. The lowest BCUT2D eigenvalue weighted by atomic mass is 9.90. The maximum absolute atomic E-state index is 12.9. The van der Waals surface area contributed by atoms with Crippen molar-refractivity contribution < 1.29 is 14.3 Å². The summed E-state index contributed by atoms with van der Waals surface area (Å²) in [6, 6.07) is 3.68. The van der Waals surface area contributed by atoms with E-state index >= 15 is 0 Å². The fraction of sp³-hybridized carbons (Fsp3) is 0.632. The summed E-state index contributed by atoms with van der Waals surface area (Å²) in [5.74, 6) is 0.395. The summed E-state index contributed by atoms with van der Waals surface area (Å²) < 4.78 is 5.41. The number of likely N-dealkylation sites (tertiary alicyclic amines) is 2. The largest absolute Gasteiger partial charge is 0.444 e. The van der Waals surface area contributed by atoms with Crippen molar-refractivity contribution >= 4 is 12.0 Å². The van der Waals surface area contributed by atoms with Crippen molar-refractivity contribution in [3.05, 3.63) is 30.1 Å². The molecule has 136 valence electrons. The Kier molecular flexibility index (Phi) is 4.97. The fourth-order valence-corrected chi connectivity index (χ4v) is 3.48. The average Bonchev–Trinajstić information content (AvgIpc) is 2.53. The van der Waals surface area contributed by atoms with Gasteiger partial charge in [0.25, 0.3) is 0 Å². The van der Waals surface area contributed by atoms with Crippen LogP contribution in [0.1, 0.15) is 51.5 Å². The molecule has 2 atom stereocenters. The molecule has 6 nitrogen and oxygen atoms in total. The molecule has 2 saturated heterocycles. The maximum atomic E-state index is 12.9. The van der Waals surface area contributed by atoms with E-state index in [4.69, 9.17) is 4.74 Å². The van der Waals surface area contributed by atoms with Crippen molar-refractivity contribution in [2.45, 2.75) is 57.6 Å². The summed E-state index contributed by atoms with van der Waals surface area (Å²) in [4.78, 5) is 32.7. The minimum atomic E-state index is -0.544. The van der Waals surface area contributed by atoms with Crippen LogP contribution in [-0.2, 0) is 9.53 Å². The van der Waals surface area contributed by atoms with Gasteiger partial charge in [-0.05, 0) is 57.7 Å². The predicted octanol–water partition coefficient (Wildman–Crippen LogP) is 2.80. The average molecular weight is 345 g/mol. The summed E-state index contributed by atoms with van der Waals surface area (Å²) in [6.45, 7) is 7.58. The molecule has 0 aliphatic carbocycles. The molecule has 0 aromatic carbocycles. The highest BCUT2D eigenvalue weighted by Gasteiger charge is 2.42. The van der Waals surface area contributed by atoms with Crippen molar-refractivity contribution in [2.24, 2.45) is 0 Å². The lowest BCUT2D eigenvalue weighted by Gasteiger charge is -2.44. The topological polar surface area (TPSA) is 62.7 Å². The number of piperidine rings is 1. The van der Waals surface area contributed by atoms with E-state index in [-0.39, 0.29) is 18.0 Å². The van der Waals surface area contributed by atoms with E-state index in [1.165, 1.54) is 5.56 Å². The Hall–Kier alpha value is -2.11. The van der Waals surface area contributed by atoms with Crippen LogP contribution in [0.3, 0.4) is 0 Å². The van der Waals surface area contributed by atoms with Gasteiger partial charge in [-0.2, -0.15) is 0 Å². The molecule has 2 amide bonds. The highest BCUT2D eigenvalue weighted by atomic mass is 16.6. The lowest BCUT2D eigenvalue weighted by Crippen LogP contribution is -2.60. The zero-order valence-electron chi connectivity index (χ0n) is 15.3. The first kappa shape index (κ1) is 17.7. The van der Waals surface area contributed by atoms with E-state index in [9.17, 15) is 9.59 Å². The van der Waals surface area contributed by atoms with Gasteiger partial charge in [-0.1, -0.05) is 0 Å². The molecule has 3 rings (SSSR count). The number of aromatic nitrogens is 1. The van der Waals surface area contributed by atoms with Gasteiger partial charge in [0.05, 0.1) is 0 Å². The van der Waals surface area contributed by atoms with Gasteiger partial charge in [0.15, 0.2) is 0 Å². The summed E-state index contributed by atoms with van der Waals surface area (Å²) in [5.41, 5.74) is 0.683. The molecule has 2 fully saturated rings. The molecule has 1 unspecified atom stereocenters. The van der Waals surface area contributed by atoms with Crippen LogP contribution < -0.4 is 0 Å². The summed E-state index contributed by atoms with van der Waals surface area (Å²) in [6.07, 6.45) is 5.99. The van der Waals surface area contributed by atoms with Gasteiger partial charge in [0.2, 0.25) is 5.91 Å². The van der Waals surface area contributed by atoms with Gasteiger partial charge < -0.3 is 9.64 Å². The Morgan fingerprint density at radius 3 is 2.48 bits per heavy atom. The molecule has 0 N–H and O–H groups in total. The standard InChI is InChI=1S/C19H27N3O3/c1-19(2,3)25-18(24)22-12-8-16(22)17(23)21-11-4-5-15(13-21)14-6-9-20-10-7-14/h6-7,9-10,15-16H,4-5,8,11-13H2,1-3H3/t15?,16-/m1/s1. The van der Waals surface area contributed by atoms with Crippen molar-refractivity contribution in [1.29, 1.82) is 0 Å². The van der Waals surface area contributed by atoms with Crippen LogP contribution in [0.15, 0.2) is 24.5 Å². The third-order valence-corrected chi connectivity index (χ3v) is 4.84. The normalized spacial score (nSPS) is 23.8. The first-order valence-electron chi connectivity index (χ1n) is 9.03. The number of hydrogen-bond acceptors (Lipinski definition) is 4. The molecular weight excluding hydrogens is 318 g/mol. The smallest absolute Gasteiger partial charge is 0.410 e. The zero-order valence-corrected chi connectivity index (χ0v) is 15.3. The second-order valence-electron chi connectivity index (χ2n) is 7.88. The number of rotatable bonds is 2. The fourth-order valence-electron chi connectivity index (χ4n) is 3.48. The lowest BCUT2D eigenvalue weighted by molar-refractivity contribution is -0.142. The van der Waals surface area contributed by atoms with Crippen LogP contribution in [0.5, 0.6) is 0 Å². The Balaban J connectivity index is 1.62. The Morgan fingerprint density at radius 2 is 1.88 bits per heavy atom. The van der Waals surface area contributed by atoms with Crippen LogP contribution in [-0.4, -0.2) is 58.1 Å². The van der Waals surface area contributed by atoms with E-state index in [1.807, 2.05) is 37.8 Å². The molecule has 25 heavy (non-hydrogen) atoms. The van der Waals surface area contributed by atoms with Crippen LogP contribution in [0, 0.1) is 0 Å². The van der Waals surface area contributed by atoms with Gasteiger partial charge in [0, 0.05) is 37.9 Å². The molecule has 0 bridgehead atoms. The second kappa shape index (κ2) is 7.02. The predicted molar refractivity (Wildman–Crippen MR) is 94.1 cm³/mol. The molecule has 2 aliphatic rings. The molecule has 0 spiro atoms. The highest BCUT2D eigenvalue weighted by molar-refractivity contribution is 5.87. The van der Waals surface area contributed by atoms with E-state index in [0.717, 1.165) is 19.4 Å². The first-order chi connectivity index (χ1) is 11.8. The van der Waals surface area contributed by atoms with E-state index in [2.05, 4.69) is 4.98 Å². The Bertz CT molecular complexity index is 627. The molecule has 1 aromatic heterocycles. The third kappa shape index (κ3) is 4.11. The Morgan fingerprint density at radius 1 is 1.16 bits per heavy atom. The van der Waals surface area contributed by atoms with Crippen molar-refractivity contribution in [3.63, 3.8) is 0 Å². The van der Waals surface area contributed by atoms with Crippen molar-refractivity contribution in [1.82, 2.24) is 14.8 Å². The van der Waals surface area contributed by atoms with E-state index in [0.29, 0.717) is 25.4 Å². The number of pyridine rings is 1. The van der Waals surface area contributed by atoms with E-state index in [1.54, 1.807) is 17.3 Å². The summed E-state index contributed by atoms with van der Waals surface area (Å²) >= 11 is 0. The molecule has 0 radical (unpaired) electrons. The monoisotopic (exact) mass is 345 g/mol. The van der Waals surface area contributed by atoms with Gasteiger partial charge in [0.1, 0.15) is 11.6 Å². The highest BCUT2D eigenvalue weighted by Crippen LogP contribution is 2.29. The quantitative estimate of drug-likeness (QED) is 0.827. The minimum Gasteiger partial charge on any atom is -0.444 e.